The lowest BCUT2D eigenvalue weighted by Gasteiger charge is -2.13. The number of nitrogens with one attached hydrogen (secondary N) is 2. The van der Waals surface area contributed by atoms with E-state index >= 15 is 0 Å². The minimum atomic E-state index is -0.526. The van der Waals surface area contributed by atoms with Crippen LogP contribution >= 0.6 is 11.6 Å². The Hall–Kier alpha value is -2.34. The minimum absolute atomic E-state index is 0.0345. The zero-order chi connectivity index (χ0) is 19.1. The molecule has 2 amide bonds. The van der Waals surface area contributed by atoms with Crippen LogP contribution in [0.2, 0.25) is 5.02 Å². The van der Waals surface area contributed by atoms with E-state index in [9.17, 15) is 14.0 Å². The standard InChI is InChI=1S/C20H21ClFN3O2/c1-2-25-10-14-13(6-8-17(14)24-19(26)11-3-4-11)18(25)20(27)23-12-5-7-16(22)15(21)9-12/h5,7,9-11,17H,2-4,6,8H2,1H3,(H,23,27)(H,24,26)/t17-/m0/s1. The molecule has 142 valence electrons. The van der Waals surface area contributed by atoms with Gasteiger partial charge in [0.25, 0.3) is 5.91 Å². The molecule has 0 bridgehead atoms. The first-order chi connectivity index (χ1) is 13.0. The number of aryl methyl sites for hydroxylation is 1. The lowest BCUT2D eigenvalue weighted by Crippen LogP contribution is -2.28. The van der Waals surface area contributed by atoms with Crippen molar-refractivity contribution in [1.29, 1.82) is 0 Å². The SMILES string of the molecule is CCn1cc2c(c1C(=O)Nc1ccc(F)c(Cl)c1)CC[C@@H]2NC(=O)C1CC1. The molecule has 1 saturated carbocycles. The predicted molar refractivity (Wildman–Crippen MR) is 101 cm³/mol. The summed E-state index contributed by atoms with van der Waals surface area (Å²) in [6.07, 6.45) is 5.44. The molecule has 1 aromatic carbocycles. The van der Waals surface area contributed by atoms with Crippen LogP contribution in [0.15, 0.2) is 24.4 Å². The van der Waals surface area contributed by atoms with Crippen molar-refractivity contribution in [3.8, 4) is 0 Å². The molecule has 0 unspecified atom stereocenters. The predicted octanol–water partition coefficient (Wildman–Crippen LogP) is 4.07. The number of nitrogens with zero attached hydrogens (tertiary/aromatic N) is 1. The van der Waals surface area contributed by atoms with Gasteiger partial charge >= 0.3 is 0 Å². The lowest BCUT2D eigenvalue weighted by molar-refractivity contribution is -0.123. The third kappa shape index (κ3) is 3.46. The fourth-order valence-electron chi connectivity index (χ4n) is 3.69. The molecule has 1 heterocycles. The second-order valence-electron chi connectivity index (χ2n) is 7.15. The highest BCUT2D eigenvalue weighted by molar-refractivity contribution is 6.31. The average Bonchev–Trinajstić information content (AvgIpc) is 3.33. The fraction of sp³-hybridized carbons (Fsp3) is 0.400. The molecule has 0 aliphatic heterocycles. The summed E-state index contributed by atoms with van der Waals surface area (Å²) in [6.45, 7) is 2.61. The Bertz CT molecular complexity index is 920. The van der Waals surface area contributed by atoms with E-state index in [2.05, 4.69) is 10.6 Å². The number of rotatable bonds is 5. The highest BCUT2D eigenvalue weighted by Crippen LogP contribution is 2.37. The van der Waals surface area contributed by atoms with Gasteiger partial charge in [0.15, 0.2) is 0 Å². The van der Waals surface area contributed by atoms with E-state index in [0.717, 1.165) is 36.8 Å². The normalized spacial score (nSPS) is 18.3. The third-order valence-electron chi connectivity index (χ3n) is 5.27. The molecule has 2 aliphatic carbocycles. The van der Waals surface area contributed by atoms with Gasteiger partial charge < -0.3 is 15.2 Å². The van der Waals surface area contributed by atoms with Gasteiger partial charge in [-0.25, -0.2) is 4.39 Å². The number of benzene rings is 1. The second kappa shape index (κ2) is 7.00. The van der Waals surface area contributed by atoms with Crippen LogP contribution in [0, 0.1) is 11.7 Å². The van der Waals surface area contributed by atoms with Gasteiger partial charge in [0.05, 0.1) is 11.1 Å². The third-order valence-corrected chi connectivity index (χ3v) is 5.56. The second-order valence-corrected chi connectivity index (χ2v) is 7.56. The number of carbonyl (C=O) groups excluding carboxylic acids is 2. The molecule has 2 aliphatic rings. The number of hydrogen-bond donors (Lipinski definition) is 2. The zero-order valence-corrected chi connectivity index (χ0v) is 15.8. The summed E-state index contributed by atoms with van der Waals surface area (Å²) < 4.78 is 15.2. The summed E-state index contributed by atoms with van der Waals surface area (Å²) >= 11 is 5.80. The summed E-state index contributed by atoms with van der Waals surface area (Å²) in [5, 5.41) is 5.89. The molecule has 0 radical (unpaired) electrons. The Kier molecular flexibility index (Phi) is 4.68. The molecule has 2 N–H and O–H groups in total. The van der Waals surface area contributed by atoms with Gasteiger partial charge in [-0.3, -0.25) is 9.59 Å². The fourth-order valence-corrected chi connectivity index (χ4v) is 3.87. The monoisotopic (exact) mass is 389 g/mol. The molecule has 0 saturated heterocycles. The van der Waals surface area contributed by atoms with E-state index in [1.807, 2.05) is 17.7 Å². The van der Waals surface area contributed by atoms with Crippen molar-refractivity contribution in [2.75, 3.05) is 5.32 Å². The van der Waals surface area contributed by atoms with E-state index < -0.39 is 5.82 Å². The smallest absolute Gasteiger partial charge is 0.272 e. The van der Waals surface area contributed by atoms with Crippen LogP contribution in [0.25, 0.3) is 0 Å². The van der Waals surface area contributed by atoms with Crippen LogP contribution in [0.4, 0.5) is 10.1 Å². The van der Waals surface area contributed by atoms with Crippen molar-refractivity contribution in [3.05, 3.63) is 52.1 Å². The summed E-state index contributed by atoms with van der Waals surface area (Å²) in [7, 11) is 0. The van der Waals surface area contributed by atoms with Crippen LogP contribution in [-0.2, 0) is 17.8 Å². The van der Waals surface area contributed by atoms with Crippen LogP contribution in [0.1, 0.15) is 53.8 Å². The summed E-state index contributed by atoms with van der Waals surface area (Å²) in [6, 6.07) is 4.07. The van der Waals surface area contributed by atoms with E-state index in [0.29, 0.717) is 17.9 Å². The average molecular weight is 390 g/mol. The highest BCUT2D eigenvalue weighted by Gasteiger charge is 2.35. The summed E-state index contributed by atoms with van der Waals surface area (Å²) in [5.74, 6) is -0.506. The highest BCUT2D eigenvalue weighted by atomic mass is 35.5. The topological polar surface area (TPSA) is 63.1 Å². The summed E-state index contributed by atoms with van der Waals surface area (Å²) in [4.78, 5) is 25.0. The molecule has 27 heavy (non-hydrogen) atoms. The lowest BCUT2D eigenvalue weighted by atomic mass is 10.1. The number of anilines is 1. The van der Waals surface area contributed by atoms with Gasteiger partial charge in [0.1, 0.15) is 11.5 Å². The van der Waals surface area contributed by atoms with E-state index in [4.69, 9.17) is 11.6 Å². The number of hydrogen-bond acceptors (Lipinski definition) is 2. The number of halogens is 2. The van der Waals surface area contributed by atoms with Crippen LogP contribution in [0.5, 0.6) is 0 Å². The Labute approximate surface area is 161 Å². The van der Waals surface area contributed by atoms with Crippen LogP contribution in [-0.4, -0.2) is 16.4 Å². The molecule has 1 atom stereocenters. The number of aromatic nitrogens is 1. The van der Waals surface area contributed by atoms with Gasteiger partial charge in [-0.15, -0.1) is 0 Å². The van der Waals surface area contributed by atoms with Crippen LogP contribution in [0.3, 0.4) is 0 Å². The van der Waals surface area contributed by atoms with E-state index in [1.165, 1.54) is 18.2 Å². The van der Waals surface area contributed by atoms with Crippen molar-refractivity contribution in [3.63, 3.8) is 0 Å². The Morgan fingerprint density at radius 1 is 1.30 bits per heavy atom. The van der Waals surface area contributed by atoms with Crippen LogP contribution < -0.4 is 10.6 Å². The summed E-state index contributed by atoms with van der Waals surface area (Å²) in [5.41, 5.74) is 3.04. The van der Waals surface area contributed by atoms with E-state index in [1.54, 1.807) is 0 Å². The Balaban J connectivity index is 1.58. The molecule has 5 nitrogen and oxygen atoms in total. The van der Waals surface area contributed by atoms with Gasteiger partial charge in [-0.1, -0.05) is 11.6 Å². The first-order valence-electron chi connectivity index (χ1n) is 9.26. The zero-order valence-electron chi connectivity index (χ0n) is 15.0. The van der Waals surface area contributed by atoms with Crippen molar-refractivity contribution in [1.82, 2.24) is 9.88 Å². The number of carbonyl (C=O) groups is 2. The van der Waals surface area contributed by atoms with E-state index in [-0.39, 0.29) is 28.8 Å². The van der Waals surface area contributed by atoms with Crippen molar-refractivity contribution >= 4 is 29.1 Å². The van der Waals surface area contributed by atoms with Crippen molar-refractivity contribution < 1.29 is 14.0 Å². The maximum absolute atomic E-state index is 13.3. The van der Waals surface area contributed by atoms with Crippen molar-refractivity contribution in [2.45, 2.75) is 45.2 Å². The van der Waals surface area contributed by atoms with Gasteiger partial charge in [-0.05, 0) is 61.9 Å². The molecule has 2 aromatic rings. The molecule has 7 heteroatoms. The van der Waals surface area contributed by atoms with Gasteiger partial charge in [0, 0.05) is 24.3 Å². The number of amides is 2. The maximum Gasteiger partial charge on any atom is 0.272 e. The largest absolute Gasteiger partial charge is 0.349 e. The number of fused-ring (bicyclic) bond motifs is 1. The molecule has 4 rings (SSSR count). The van der Waals surface area contributed by atoms with Gasteiger partial charge in [0.2, 0.25) is 5.91 Å². The first-order valence-corrected chi connectivity index (χ1v) is 9.64. The maximum atomic E-state index is 13.3. The molecule has 0 spiro atoms. The van der Waals surface area contributed by atoms with Gasteiger partial charge in [-0.2, -0.15) is 0 Å². The molecule has 1 fully saturated rings. The Morgan fingerprint density at radius 2 is 2.07 bits per heavy atom. The molecule has 1 aromatic heterocycles. The molecular formula is C20H21ClFN3O2. The molecular weight excluding hydrogens is 369 g/mol. The Morgan fingerprint density at radius 3 is 2.74 bits per heavy atom. The van der Waals surface area contributed by atoms with Crippen molar-refractivity contribution in [2.24, 2.45) is 5.92 Å². The first kappa shape index (κ1) is 18.0. The minimum Gasteiger partial charge on any atom is -0.349 e. The quantitative estimate of drug-likeness (QED) is 0.809.